The van der Waals surface area contributed by atoms with Crippen LogP contribution in [0.4, 0.5) is 0 Å². The maximum absolute atomic E-state index is 11.6. The lowest BCUT2D eigenvalue weighted by Crippen LogP contribution is -2.18. The summed E-state index contributed by atoms with van der Waals surface area (Å²) in [7, 11) is 0. The lowest BCUT2D eigenvalue weighted by Gasteiger charge is -1.98. The maximum Gasteiger partial charge on any atom is 0.307 e. The highest BCUT2D eigenvalue weighted by Crippen LogP contribution is 2.17. The van der Waals surface area contributed by atoms with Gasteiger partial charge in [0.15, 0.2) is 5.76 Å². The number of amides is 1. The third-order valence-corrected chi connectivity index (χ3v) is 3.78. The summed E-state index contributed by atoms with van der Waals surface area (Å²) in [6.45, 7) is 3.98. The number of carbonyl (C=O) groups excluding carboxylic acids is 1. The van der Waals surface area contributed by atoms with Crippen LogP contribution < -0.4 is 5.43 Å². The van der Waals surface area contributed by atoms with Gasteiger partial charge in [-0.25, -0.2) is 5.43 Å². The Hall–Kier alpha value is -1.88. The summed E-state index contributed by atoms with van der Waals surface area (Å²) < 4.78 is 4.98. The molecular weight excluding hydrogens is 248 g/mol. The first-order chi connectivity index (χ1) is 8.70. The van der Waals surface area contributed by atoms with Gasteiger partial charge in [0.1, 0.15) is 0 Å². The molecule has 1 amide bonds. The molecule has 0 aromatic carbocycles. The third-order valence-electron chi connectivity index (χ3n) is 2.44. The van der Waals surface area contributed by atoms with E-state index in [4.69, 9.17) is 4.42 Å². The van der Waals surface area contributed by atoms with E-state index in [1.54, 1.807) is 23.5 Å². The molecule has 2 aromatic rings. The third kappa shape index (κ3) is 2.87. The van der Waals surface area contributed by atoms with E-state index in [0.29, 0.717) is 0 Å². The number of carbonyl (C=O) groups is 1. The van der Waals surface area contributed by atoms with Gasteiger partial charge in [-0.1, -0.05) is 6.92 Å². The lowest BCUT2D eigenvalue weighted by atomic mass is 10.3. The summed E-state index contributed by atoms with van der Waals surface area (Å²) in [6, 6.07) is 7.35. The second-order valence-corrected chi connectivity index (χ2v) is 4.90. The van der Waals surface area contributed by atoms with E-state index in [0.717, 1.165) is 17.0 Å². The number of hydrogen-bond acceptors (Lipinski definition) is 4. The number of thiophene rings is 1. The Morgan fingerprint density at radius 1 is 1.44 bits per heavy atom. The number of rotatable bonds is 4. The molecule has 0 saturated heterocycles. The van der Waals surface area contributed by atoms with E-state index < -0.39 is 0 Å². The molecule has 1 N–H and O–H groups in total. The molecule has 0 spiro atoms. The first kappa shape index (κ1) is 12.6. The van der Waals surface area contributed by atoms with Gasteiger partial charge < -0.3 is 4.42 Å². The first-order valence-corrected chi connectivity index (χ1v) is 6.49. The quantitative estimate of drug-likeness (QED) is 0.680. The predicted octanol–water partition coefficient (Wildman–Crippen LogP) is 3.06. The van der Waals surface area contributed by atoms with Crippen LogP contribution in [-0.2, 0) is 6.42 Å². The zero-order valence-electron chi connectivity index (χ0n) is 10.3. The smallest absolute Gasteiger partial charge is 0.307 e. The van der Waals surface area contributed by atoms with E-state index in [9.17, 15) is 4.79 Å². The maximum atomic E-state index is 11.6. The fraction of sp³-hybridized carbons (Fsp3) is 0.231. The predicted molar refractivity (Wildman–Crippen MR) is 72.1 cm³/mol. The lowest BCUT2D eigenvalue weighted by molar-refractivity contribution is 0.0927. The molecule has 94 valence electrons. The normalized spacial score (nSPS) is 11.6. The minimum Gasteiger partial charge on any atom is -0.459 e. The van der Waals surface area contributed by atoms with Crippen LogP contribution in [0.15, 0.2) is 40.0 Å². The molecule has 0 saturated carbocycles. The van der Waals surface area contributed by atoms with Gasteiger partial charge in [0.2, 0.25) is 0 Å². The number of hydrogen-bond donors (Lipinski definition) is 1. The Morgan fingerprint density at radius 3 is 2.89 bits per heavy atom. The van der Waals surface area contributed by atoms with Crippen molar-refractivity contribution in [2.75, 3.05) is 0 Å². The summed E-state index contributed by atoms with van der Waals surface area (Å²) in [6.07, 6.45) is 2.47. The Kier molecular flexibility index (Phi) is 3.94. The Balaban J connectivity index is 2.03. The molecule has 0 aliphatic carbocycles. The number of hydrazone groups is 1. The van der Waals surface area contributed by atoms with Crippen LogP contribution in [0.5, 0.6) is 0 Å². The van der Waals surface area contributed by atoms with Gasteiger partial charge >= 0.3 is 5.91 Å². The summed E-state index contributed by atoms with van der Waals surface area (Å²) in [5.41, 5.74) is 3.26. The average molecular weight is 262 g/mol. The van der Waals surface area contributed by atoms with Gasteiger partial charge in [-0.3, -0.25) is 4.79 Å². The van der Waals surface area contributed by atoms with E-state index in [-0.39, 0.29) is 11.7 Å². The Bertz CT molecular complexity index is 555. The van der Waals surface area contributed by atoms with Gasteiger partial charge in [-0.15, -0.1) is 11.3 Å². The summed E-state index contributed by atoms with van der Waals surface area (Å²) in [5.74, 6) is -0.0846. The van der Waals surface area contributed by atoms with Crippen molar-refractivity contribution in [2.45, 2.75) is 20.3 Å². The van der Waals surface area contributed by atoms with Crippen molar-refractivity contribution in [3.8, 4) is 0 Å². The van der Waals surface area contributed by atoms with Gasteiger partial charge in [-0.2, -0.15) is 5.10 Å². The number of furan rings is 1. The minimum atomic E-state index is -0.341. The summed E-state index contributed by atoms with van der Waals surface area (Å²) >= 11 is 1.68. The molecule has 0 atom stereocenters. The van der Waals surface area contributed by atoms with E-state index >= 15 is 0 Å². The molecule has 18 heavy (non-hydrogen) atoms. The molecule has 0 aliphatic rings. The number of nitrogens with one attached hydrogen (secondary N) is 1. The number of nitrogens with zero attached hydrogens (tertiary/aromatic N) is 1. The summed E-state index contributed by atoms with van der Waals surface area (Å²) in [4.78, 5) is 14.0. The fourth-order valence-corrected chi connectivity index (χ4v) is 2.31. The van der Waals surface area contributed by atoms with Crippen molar-refractivity contribution in [1.82, 2.24) is 5.43 Å². The van der Waals surface area contributed by atoms with Gasteiger partial charge in [0.05, 0.1) is 16.9 Å². The van der Waals surface area contributed by atoms with Crippen molar-refractivity contribution >= 4 is 23.0 Å². The Labute approximate surface area is 109 Å². The van der Waals surface area contributed by atoms with Crippen molar-refractivity contribution in [1.29, 1.82) is 0 Å². The SMILES string of the molecule is CCc1ccc(/C(C)=N/NC(=O)c2ccco2)s1. The standard InChI is InChI=1S/C13H14N2O2S/c1-3-10-6-7-12(18-10)9(2)14-15-13(16)11-5-4-8-17-11/h4-8H,3H2,1-2H3,(H,15,16)/b14-9+. The van der Waals surface area contributed by atoms with Crippen LogP contribution in [0, 0.1) is 0 Å². The van der Waals surface area contributed by atoms with Crippen LogP contribution in [-0.4, -0.2) is 11.6 Å². The molecule has 0 unspecified atom stereocenters. The van der Waals surface area contributed by atoms with Gasteiger partial charge in [-0.05, 0) is 37.6 Å². The van der Waals surface area contributed by atoms with Crippen LogP contribution in [0.3, 0.4) is 0 Å². The molecule has 0 aliphatic heterocycles. The fourth-order valence-electron chi connectivity index (χ4n) is 1.41. The molecule has 0 bridgehead atoms. The molecule has 2 heterocycles. The molecule has 2 aromatic heterocycles. The average Bonchev–Trinajstić information content (AvgIpc) is 3.05. The number of aryl methyl sites for hydroxylation is 1. The topological polar surface area (TPSA) is 54.6 Å². The highest BCUT2D eigenvalue weighted by molar-refractivity contribution is 7.14. The summed E-state index contributed by atoms with van der Waals surface area (Å²) in [5, 5.41) is 4.07. The molecule has 4 nitrogen and oxygen atoms in total. The first-order valence-electron chi connectivity index (χ1n) is 5.68. The van der Waals surface area contributed by atoms with Crippen molar-refractivity contribution in [3.05, 3.63) is 46.0 Å². The van der Waals surface area contributed by atoms with Gasteiger partial charge in [0, 0.05) is 4.88 Å². The van der Waals surface area contributed by atoms with Crippen molar-refractivity contribution in [2.24, 2.45) is 5.10 Å². The Morgan fingerprint density at radius 2 is 2.28 bits per heavy atom. The van der Waals surface area contributed by atoms with Crippen LogP contribution >= 0.6 is 11.3 Å². The zero-order valence-corrected chi connectivity index (χ0v) is 11.1. The van der Waals surface area contributed by atoms with E-state index in [2.05, 4.69) is 23.5 Å². The van der Waals surface area contributed by atoms with Gasteiger partial charge in [0.25, 0.3) is 0 Å². The van der Waals surface area contributed by atoms with E-state index in [1.807, 2.05) is 13.0 Å². The molecule has 2 rings (SSSR count). The monoisotopic (exact) mass is 262 g/mol. The highest BCUT2D eigenvalue weighted by atomic mass is 32.1. The molecule has 0 radical (unpaired) electrons. The van der Waals surface area contributed by atoms with E-state index in [1.165, 1.54) is 11.1 Å². The van der Waals surface area contributed by atoms with Crippen molar-refractivity contribution in [3.63, 3.8) is 0 Å². The van der Waals surface area contributed by atoms with Crippen LogP contribution in [0.1, 0.15) is 34.2 Å². The molecular formula is C13H14N2O2S. The largest absolute Gasteiger partial charge is 0.459 e. The molecule has 5 heteroatoms. The zero-order chi connectivity index (χ0) is 13.0. The second kappa shape index (κ2) is 5.64. The van der Waals surface area contributed by atoms with Crippen LogP contribution in [0.25, 0.3) is 0 Å². The van der Waals surface area contributed by atoms with Crippen LogP contribution in [0.2, 0.25) is 0 Å². The second-order valence-electron chi connectivity index (χ2n) is 3.73. The minimum absolute atomic E-state index is 0.256. The molecule has 0 fully saturated rings. The van der Waals surface area contributed by atoms with Crippen molar-refractivity contribution < 1.29 is 9.21 Å². The highest BCUT2D eigenvalue weighted by Gasteiger charge is 2.07.